The molecule has 2 bridgehead atoms. The van der Waals surface area contributed by atoms with Gasteiger partial charge in [-0.2, -0.15) is 0 Å². The Kier molecular flexibility index (Phi) is 32.8. The number of rotatable bonds is 25. The zero-order chi connectivity index (χ0) is 52.0. The number of aliphatic hydroxyl groups excluding tert-OH is 6. The fraction of sp³-hybridized carbons (Fsp3) is 0.816. The zero-order valence-corrected chi connectivity index (χ0v) is 43.2. The van der Waals surface area contributed by atoms with Crippen LogP contribution >= 0.6 is 15.6 Å². The molecule has 0 aromatic carbocycles. The van der Waals surface area contributed by atoms with E-state index in [0.29, 0.717) is 32.1 Å². The number of carbonyl (C=O) groups is 3. The molecule has 21 heteroatoms. The van der Waals surface area contributed by atoms with Gasteiger partial charge >= 0.3 is 27.6 Å². The van der Waals surface area contributed by atoms with Crippen LogP contribution in [0, 0.1) is 11.8 Å². The lowest BCUT2D eigenvalue weighted by molar-refractivity contribution is -0.165. The lowest BCUT2D eigenvalue weighted by Gasteiger charge is -2.38. The molecule has 0 amide bonds. The largest absolute Gasteiger partial charge is 0.472 e. The fourth-order valence-corrected chi connectivity index (χ4v) is 10.0. The van der Waals surface area contributed by atoms with Gasteiger partial charge in [-0.25, -0.2) is 9.13 Å². The summed E-state index contributed by atoms with van der Waals surface area (Å²) in [6, 6.07) is 0. The summed E-state index contributed by atoms with van der Waals surface area (Å²) in [5, 5.41) is 68.3. The van der Waals surface area contributed by atoms with Gasteiger partial charge in [0.2, 0.25) is 0 Å². The molecule has 19 nitrogen and oxygen atoms in total. The Hall–Kier alpha value is -2.19. The summed E-state index contributed by atoms with van der Waals surface area (Å²) in [4.78, 5) is 70.6. The van der Waals surface area contributed by atoms with Crippen LogP contribution in [0.1, 0.15) is 174 Å². The second-order valence-electron chi connectivity index (χ2n) is 18.7. The summed E-state index contributed by atoms with van der Waals surface area (Å²) < 4.78 is 52.3. The van der Waals surface area contributed by atoms with Crippen molar-refractivity contribution in [3.05, 3.63) is 36.5 Å². The van der Waals surface area contributed by atoms with E-state index in [1.54, 1.807) is 0 Å². The zero-order valence-electron chi connectivity index (χ0n) is 41.4. The van der Waals surface area contributed by atoms with Crippen molar-refractivity contribution in [3.8, 4) is 0 Å². The Bertz CT molecular complexity index is 1650. The number of hydrogen-bond acceptors (Lipinski definition) is 16. The molecule has 0 spiro atoms. The number of carbonyl (C=O) groups excluding carboxylic acids is 3. The highest BCUT2D eigenvalue weighted by Crippen LogP contribution is 2.49. The average molecular weight is 1040 g/mol. The SMILES string of the molecule is CCCCC/C=C\C/C=C\CCCCCCCCCC(=O)O[C@@H]1COC(=O)CCCCCC[C@H]2C(=O)C[C@@H](O)[C@H](/C=C/[C@@H](O)CCCCC)[C@@H](O)[C@@H](OP(=O)(O)O)[C@@H](OP(=O)(O)OC1)[C@H](O)[C@@H](O)[C@@H]2O. The third kappa shape index (κ3) is 27.2. The van der Waals surface area contributed by atoms with Gasteiger partial charge in [0, 0.05) is 31.1 Å². The second kappa shape index (κ2) is 35.9. The number of phosphoric ester groups is 2. The third-order valence-corrected chi connectivity index (χ3v) is 14.1. The van der Waals surface area contributed by atoms with Crippen molar-refractivity contribution in [2.24, 2.45) is 11.8 Å². The quantitative estimate of drug-likeness (QED) is 0.0195. The lowest BCUT2D eigenvalue weighted by atomic mass is 9.83. The van der Waals surface area contributed by atoms with E-state index in [1.165, 1.54) is 25.3 Å². The summed E-state index contributed by atoms with van der Waals surface area (Å²) in [5.74, 6) is -5.50. The number of allylic oxidation sites excluding steroid dienone is 4. The standard InChI is InChI=1S/C49H86O19P2/c1-3-5-7-8-9-10-11-12-13-14-15-16-17-18-19-20-26-30-43(54)66-37-34-64-42(53)29-25-22-21-24-28-38-40(51)33-41(52)39(32-31-36(50)27-23-6-4-2)45(56)48(67-69(59,60)61)49(47(58)46(57)44(38)55)68-70(62,63)65-35-37/h9-10,12-13,31-32,36-39,41,44-50,52,55-58H,3-8,11,14-30,33-35H2,1-2H3,(H,62,63)(H2,59,60,61)/b10-9-,13-12-,32-31+/t36-,37+,38-,39-,41+,44+,45+,46-,47+,48+,49-/m0/s1. The Labute approximate surface area is 414 Å². The van der Waals surface area contributed by atoms with Gasteiger partial charge in [0.05, 0.1) is 31.0 Å². The molecule has 1 saturated heterocycles. The molecule has 0 aromatic rings. The van der Waals surface area contributed by atoms with E-state index in [2.05, 4.69) is 31.2 Å². The number of esters is 2. The summed E-state index contributed by atoms with van der Waals surface area (Å²) >= 11 is 0. The number of phosphoric acid groups is 2. The number of cyclic esters (lactones) is 1. The van der Waals surface area contributed by atoms with Crippen molar-refractivity contribution >= 4 is 33.4 Å². The third-order valence-electron chi connectivity index (χ3n) is 12.6. The maximum Gasteiger partial charge on any atom is 0.472 e. The van der Waals surface area contributed by atoms with Gasteiger partial charge in [-0.15, -0.1) is 0 Å². The predicted molar refractivity (Wildman–Crippen MR) is 261 cm³/mol. The highest BCUT2D eigenvalue weighted by Gasteiger charge is 2.51. The molecule has 2 fully saturated rings. The second-order valence-corrected chi connectivity index (χ2v) is 21.3. The highest BCUT2D eigenvalue weighted by atomic mass is 31.2. The number of unbranched alkanes of at least 4 members (excludes halogenated alkanes) is 12. The Balaban J connectivity index is 2.28. The molecule has 12 atom stereocenters. The smallest absolute Gasteiger partial charge is 0.462 e. The van der Waals surface area contributed by atoms with Crippen LogP contribution < -0.4 is 0 Å². The van der Waals surface area contributed by atoms with Crippen LogP contribution in [0.25, 0.3) is 0 Å². The monoisotopic (exact) mass is 1040 g/mol. The van der Waals surface area contributed by atoms with Crippen molar-refractivity contribution in [2.45, 2.75) is 229 Å². The van der Waals surface area contributed by atoms with Crippen molar-refractivity contribution in [1.82, 2.24) is 0 Å². The summed E-state index contributed by atoms with van der Waals surface area (Å²) in [6.45, 7) is 2.55. The number of ketones is 1. The molecule has 9 N–H and O–H groups in total. The molecule has 1 saturated carbocycles. The minimum atomic E-state index is -5.78. The van der Waals surface area contributed by atoms with Crippen LogP contribution in [-0.4, -0.2) is 131 Å². The number of hydrogen-bond donors (Lipinski definition) is 9. The molecule has 70 heavy (non-hydrogen) atoms. The van der Waals surface area contributed by atoms with Gasteiger partial charge in [0.25, 0.3) is 0 Å². The van der Waals surface area contributed by atoms with Crippen molar-refractivity contribution in [3.63, 3.8) is 0 Å². The van der Waals surface area contributed by atoms with E-state index in [1.807, 2.05) is 6.92 Å². The van der Waals surface area contributed by atoms with E-state index < -0.39 is 120 Å². The van der Waals surface area contributed by atoms with Crippen LogP contribution in [0.3, 0.4) is 0 Å². The van der Waals surface area contributed by atoms with E-state index in [-0.39, 0.29) is 32.1 Å². The first-order valence-corrected chi connectivity index (χ1v) is 28.7. The van der Waals surface area contributed by atoms with E-state index in [9.17, 15) is 68.8 Å². The Morgan fingerprint density at radius 2 is 1.40 bits per heavy atom. The Morgan fingerprint density at radius 1 is 0.786 bits per heavy atom. The summed E-state index contributed by atoms with van der Waals surface area (Å²) in [7, 11) is -11.5. The first-order valence-electron chi connectivity index (χ1n) is 25.6. The minimum Gasteiger partial charge on any atom is -0.462 e. The first-order chi connectivity index (χ1) is 33.3. The van der Waals surface area contributed by atoms with Gasteiger partial charge in [-0.1, -0.05) is 134 Å². The molecule has 0 aromatic heterocycles. The summed E-state index contributed by atoms with van der Waals surface area (Å²) in [5.41, 5.74) is 0. The minimum absolute atomic E-state index is 0.0376. The van der Waals surface area contributed by atoms with Crippen LogP contribution in [0.5, 0.6) is 0 Å². The lowest BCUT2D eigenvalue weighted by Crippen LogP contribution is -2.56. The van der Waals surface area contributed by atoms with Gasteiger partial charge in [-0.3, -0.25) is 28.0 Å². The van der Waals surface area contributed by atoms with Crippen LogP contribution in [0.2, 0.25) is 0 Å². The molecule has 2 aliphatic rings. The molecule has 1 unspecified atom stereocenters. The van der Waals surface area contributed by atoms with Crippen LogP contribution in [0.4, 0.5) is 0 Å². The van der Waals surface area contributed by atoms with E-state index in [4.69, 9.17) is 23.0 Å². The molecular formula is C49H86O19P2. The Morgan fingerprint density at radius 3 is 2.06 bits per heavy atom. The molecule has 2 rings (SSSR count). The number of Topliss-reactive ketones (excluding diaryl/α,β-unsaturated/α-hetero) is 1. The van der Waals surface area contributed by atoms with Gasteiger partial charge in [0.15, 0.2) is 6.10 Å². The van der Waals surface area contributed by atoms with Gasteiger partial charge in [-0.05, 0) is 57.8 Å². The molecule has 0 radical (unpaired) electrons. The maximum atomic E-state index is 13.8. The normalized spacial score (nSPS) is 30.3. The van der Waals surface area contributed by atoms with Crippen molar-refractivity contribution in [1.29, 1.82) is 0 Å². The van der Waals surface area contributed by atoms with E-state index >= 15 is 0 Å². The number of ether oxygens (including phenoxy) is 2. The average Bonchev–Trinajstić information content (AvgIpc) is 3.30. The molecule has 1 aliphatic carbocycles. The van der Waals surface area contributed by atoms with Gasteiger partial charge in [0.1, 0.15) is 36.8 Å². The van der Waals surface area contributed by atoms with Gasteiger partial charge < -0.3 is 54.8 Å². The topological polar surface area (TPSA) is 314 Å². The maximum absolute atomic E-state index is 13.8. The highest BCUT2D eigenvalue weighted by molar-refractivity contribution is 7.47. The summed E-state index contributed by atoms with van der Waals surface area (Å²) in [6.07, 6.45) is 7.46. The van der Waals surface area contributed by atoms with E-state index in [0.717, 1.165) is 76.7 Å². The van der Waals surface area contributed by atoms with Crippen molar-refractivity contribution < 1.29 is 91.9 Å². The molecule has 406 valence electrons. The first kappa shape index (κ1) is 63.9. The molecular weight excluding hydrogens is 954 g/mol. The predicted octanol–water partition coefficient (Wildman–Crippen LogP) is 6.88. The number of aliphatic hydroxyl groups is 6. The molecule has 1 heterocycles. The van der Waals surface area contributed by atoms with Crippen LogP contribution in [0.15, 0.2) is 36.5 Å². The number of fused-ring (bicyclic) bond motifs is 4. The van der Waals surface area contributed by atoms with Crippen molar-refractivity contribution in [2.75, 3.05) is 13.2 Å². The molecule has 1 aliphatic heterocycles. The van der Waals surface area contributed by atoms with Crippen LogP contribution in [-0.2, 0) is 46.6 Å². The fourth-order valence-electron chi connectivity index (χ4n) is 8.49.